The van der Waals surface area contributed by atoms with E-state index in [1.54, 1.807) is 6.21 Å². The third-order valence-electron chi connectivity index (χ3n) is 4.24. The number of hydrazone groups is 1. The number of hydrogen-bond acceptors (Lipinski definition) is 3. The van der Waals surface area contributed by atoms with Crippen LogP contribution < -0.4 is 19.9 Å². The van der Waals surface area contributed by atoms with Crippen LogP contribution in [-0.4, -0.2) is 29.8 Å². The van der Waals surface area contributed by atoms with E-state index < -0.39 is 0 Å². The lowest BCUT2D eigenvalue weighted by Gasteiger charge is -2.06. The Kier molecular flexibility index (Phi) is 6.62. The molecule has 0 atom stereocenters. The Morgan fingerprint density at radius 3 is 2.71 bits per heavy atom. The molecule has 3 rings (SSSR count). The van der Waals surface area contributed by atoms with Gasteiger partial charge in [-0.25, -0.2) is 14.4 Å². The number of fused-ring (bicyclic) bond motifs is 1. The van der Waals surface area contributed by atoms with Gasteiger partial charge in [-0.3, -0.25) is 4.99 Å². The van der Waals surface area contributed by atoms with Crippen LogP contribution in [0.1, 0.15) is 25.1 Å². The van der Waals surface area contributed by atoms with Gasteiger partial charge in [-0.2, -0.15) is 5.10 Å². The number of nitrogens with one attached hydrogen (secondary N) is 2. The second-order valence-corrected chi connectivity index (χ2v) is 6.23. The fraction of sp³-hybridized carbons (Fsp3) is 0.286. The van der Waals surface area contributed by atoms with Gasteiger partial charge in [0, 0.05) is 19.2 Å². The van der Waals surface area contributed by atoms with Gasteiger partial charge in [-0.15, -0.1) is 0 Å². The predicted molar refractivity (Wildman–Crippen MR) is 112 cm³/mol. The van der Waals surface area contributed by atoms with Crippen LogP contribution in [0, 0.1) is 0 Å². The third-order valence-corrected chi connectivity index (χ3v) is 4.24. The second-order valence-electron chi connectivity index (χ2n) is 6.23. The van der Waals surface area contributed by atoms with Crippen LogP contribution in [0.25, 0.3) is 5.65 Å². The van der Waals surface area contributed by atoms with Gasteiger partial charge in [0.15, 0.2) is 12.3 Å². The van der Waals surface area contributed by atoms with Crippen LogP contribution in [0.4, 0.5) is 0 Å². The number of hydrogen-bond donors (Lipinski definition) is 2. The van der Waals surface area contributed by atoms with Crippen molar-refractivity contribution in [1.29, 1.82) is 0 Å². The number of pyridine rings is 1. The van der Waals surface area contributed by atoms with E-state index in [-0.39, 0.29) is 0 Å². The molecule has 0 spiro atoms. The number of aryl methyl sites for hydroxylation is 1. The first-order valence-corrected chi connectivity index (χ1v) is 9.46. The summed E-state index contributed by atoms with van der Waals surface area (Å²) in [6, 6.07) is 14.0. The topological polar surface area (TPSA) is 67.0 Å². The number of guanidine groups is 1. The zero-order chi connectivity index (χ0) is 19.8. The number of nitrogens with zero attached hydrogens (tertiary/aromatic N) is 4. The normalized spacial score (nSPS) is 11.9. The van der Waals surface area contributed by atoms with Crippen LogP contribution in [-0.2, 0) is 13.7 Å². The molecule has 146 valence electrons. The second kappa shape index (κ2) is 9.55. The highest BCUT2D eigenvalue weighted by atomic mass is 16.5. The smallest absolute Gasteiger partial charge is 0.286 e. The molecule has 0 aliphatic rings. The highest BCUT2D eigenvalue weighted by Crippen LogP contribution is 2.14. The summed E-state index contributed by atoms with van der Waals surface area (Å²) in [6.45, 7) is 6.01. The molecule has 0 saturated carbocycles. The van der Waals surface area contributed by atoms with Crippen LogP contribution in [0.15, 0.2) is 65.0 Å². The highest BCUT2D eigenvalue weighted by Gasteiger charge is 2.13. The van der Waals surface area contributed by atoms with Gasteiger partial charge in [0.1, 0.15) is 11.9 Å². The summed E-state index contributed by atoms with van der Waals surface area (Å²) in [5.41, 5.74) is 6.13. The molecular formula is C21H27N6O+. The molecule has 0 radical (unpaired) electrons. The van der Waals surface area contributed by atoms with Gasteiger partial charge < -0.3 is 10.1 Å². The monoisotopic (exact) mass is 379 g/mol. The van der Waals surface area contributed by atoms with Crippen molar-refractivity contribution in [3.8, 4) is 5.75 Å². The fourth-order valence-corrected chi connectivity index (χ4v) is 2.80. The van der Waals surface area contributed by atoms with E-state index in [1.165, 1.54) is 0 Å². The van der Waals surface area contributed by atoms with Crippen LogP contribution >= 0.6 is 0 Å². The van der Waals surface area contributed by atoms with Gasteiger partial charge >= 0.3 is 0 Å². The first-order valence-electron chi connectivity index (χ1n) is 9.46. The maximum absolute atomic E-state index is 5.94. The van der Waals surface area contributed by atoms with E-state index in [2.05, 4.69) is 42.1 Å². The van der Waals surface area contributed by atoms with Crippen molar-refractivity contribution in [3.63, 3.8) is 0 Å². The molecule has 3 aromatic rings. The van der Waals surface area contributed by atoms with Crippen LogP contribution in [0.2, 0.25) is 0 Å². The van der Waals surface area contributed by atoms with Gasteiger partial charge in [-0.05, 0) is 49.7 Å². The van der Waals surface area contributed by atoms with Gasteiger partial charge in [0.2, 0.25) is 5.96 Å². The lowest BCUT2D eigenvalue weighted by molar-refractivity contribution is -0.511. The zero-order valence-corrected chi connectivity index (χ0v) is 16.6. The first-order chi connectivity index (χ1) is 13.7. The SMILES string of the molecule is CCN=C(NCC)N/N=C/c1ccc(OCc2c[n+]3ccccc3n2C)cc1. The number of ether oxygens (including phenoxy) is 1. The predicted octanol–water partition coefficient (Wildman–Crippen LogP) is 2.25. The van der Waals surface area contributed by atoms with Gasteiger partial charge in [0.05, 0.1) is 19.5 Å². The van der Waals surface area contributed by atoms with E-state index in [0.29, 0.717) is 19.1 Å². The Bertz CT molecular complexity index is 959. The summed E-state index contributed by atoms with van der Waals surface area (Å²) >= 11 is 0. The average molecular weight is 379 g/mol. The molecule has 2 N–H and O–H groups in total. The summed E-state index contributed by atoms with van der Waals surface area (Å²) in [6.07, 6.45) is 5.88. The molecule has 0 bridgehead atoms. The third kappa shape index (κ3) is 4.88. The minimum atomic E-state index is 0.507. The van der Waals surface area contributed by atoms with E-state index in [9.17, 15) is 0 Å². The Morgan fingerprint density at radius 1 is 1.18 bits per heavy atom. The summed E-state index contributed by atoms with van der Waals surface area (Å²) in [5.74, 6) is 1.50. The molecule has 28 heavy (non-hydrogen) atoms. The number of benzene rings is 1. The van der Waals surface area contributed by atoms with Crippen molar-refractivity contribution in [2.24, 2.45) is 17.1 Å². The zero-order valence-electron chi connectivity index (χ0n) is 16.6. The van der Waals surface area contributed by atoms with Gasteiger partial charge in [0.25, 0.3) is 5.65 Å². The van der Waals surface area contributed by atoms with E-state index in [1.807, 2.05) is 63.5 Å². The maximum atomic E-state index is 5.94. The first kappa shape index (κ1) is 19.4. The number of aromatic nitrogens is 2. The average Bonchev–Trinajstić information content (AvgIpc) is 3.04. The van der Waals surface area contributed by atoms with Crippen molar-refractivity contribution in [2.45, 2.75) is 20.5 Å². The molecular weight excluding hydrogens is 352 g/mol. The largest absolute Gasteiger partial charge is 0.485 e. The molecule has 0 saturated heterocycles. The number of aliphatic imine (C=N–C) groups is 1. The lowest BCUT2D eigenvalue weighted by atomic mass is 10.2. The van der Waals surface area contributed by atoms with E-state index in [4.69, 9.17) is 4.74 Å². The van der Waals surface area contributed by atoms with Gasteiger partial charge in [-0.1, -0.05) is 6.07 Å². The summed E-state index contributed by atoms with van der Waals surface area (Å²) in [7, 11) is 2.05. The molecule has 0 aliphatic heterocycles. The fourth-order valence-electron chi connectivity index (χ4n) is 2.80. The molecule has 0 amide bonds. The molecule has 7 nitrogen and oxygen atoms in total. The standard InChI is InChI=1S/C21H27N6O/c1-4-22-21(23-5-2)25-24-14-17-9-11-19(12-10-17)28-16-18-15-27-13-7-6-8-20(27)26(18)3/h6-15H,4-5,16H2,1-3H3,(H2,22,23,25)/q+1/b24-14+. The molecule has 7 heteroatoms. The van der Waals surface area contributed by atoms with Crippen molar-refractivity contribution in [3.05, 3.63) is 66.1 Å². The maximum Gasteiger partial charge on any atom is 0.286 e. The lowest BCUT2D eigenvalue weighted by Crippen LogP contribution is -2.34. The summed E-state index contributed by atoms with van der Waals surface area (Å²) in [5, 5.41) is 7.35. The Balaban J connectivity index is 1.57. The molecule has 0 aliphatic carbocycles. The number of rotatable bonds is 7. The summed E-state index contributed by atoms with van der Waals surface area (Å²) in [4.78, 5) is 4.29. The van der Waals surface area contributed by atoms with Crippen molar-refractivity contribution >= 4 is 17.8 Å². The van der Waals surface area contributed by atoms with Crippen molar-refractivity contribution < 1.29 is 9.14 Å². The molecule has 2 aromatic heterocycles. The van der Waals surface area contributed by atoms with Crippen LogP contribution in [0.3, 0.4) is 0 Å². The van der Waals surface area contributed by atoms with Crippen molar-refractivity contribution in [2.75, 3.05) is 13.1 Å². The Labute approximate surface area is 165 Å². The van der Waals surface area contributed by atoms with E-state index in [0.717, 1.165) is 29.2 Å². The highest BCUT2D eigenvalue weighted by molar-refractivity contribution is 5.83. The Hall–Kier alpha value is -3.35. The molecule has 2 heterocycles. The quantitative estimate of drug-likeness (QED) is 0.286. The Morgan fingerprint density at radius 2 is 2.00 bits per heavy atom. The number of imidazole rings is 1. The minimum Gasteiger partial charge on any atom is -0.485 e. The van der Waals surface area contributed by atoms with E-state index >= 15 is 0 Å². The minimum absolute atomic E-state index is 0.507. The molecule has 0 unspecified atom stereocenters. The van der Waals surface area contributed by atoms with Crippen LogP contribution in [0.5, 0.6) is 5.75 Å². The molecule has 1 aromatic carbocycles. The molecule has 0 fully saturated rings. The summed E-state index contributed by atoms with van der Waals surface area (Å²) < 4.78 is 10.2. The van der Waals surface area contributed by atoms with Crippen molar-refractivity contribution in [1.82, 2.24) is 15.3 Å².